The molecule has 0 bridgehead atoms. The first-order chi connectivity index (χ1) is 14.0. The van der Waals surface area contributed by atoms with Crippen LogP contribution in [0, 0.1) is 0 Å². The number of piperazine rings is 1. The zero-order valence-corrected chi connectivity index (χ0v) is 17.7. The molecule has 4 rings (SSSR count). The van der Waals surface area contributed by atoms with E-state index >= 15 is 0 Å². The highest BCUT2D eigenvalue weighted by atomic mass is 35.5. The first-order valence-electron chi connectivity index (χ1n) is 9.77. The molecule has 0 aliphatic carbocycles. The molecule has 7 heteroatoms. The average Bonchev–Trinajstić information content (AvgIpc) is 3.22. The molecular weight excluding hydrogens is 407 g/mol. The third kappa shape index (κ3) is 4.34. The zero-order valence-electron chi connectivity index (χ0n) is 16.1. The van der Waals surface area contributed by atoms with E-state index in [1.165, 1.54) is 5.69 Å². The molecular formula is C22H25Cl2N4O+. The van der Waals surface area contributed by atoms with Crippen molar-refractivity contribution in [3.05, 3.63) is 82.9 Å². The Bertz CT molecular complexity index is 943. The van der Waals surface area contributed by atoms with Crippen molar-refractivity contribution < 1.29 is 5.11 Å². The topological polar surface area (TPSA) is 50.1 Å². The lowest BCUT2D eigenvalue weighted by molar-refractivity contribution is -0.0164. The van der Waals surface area contributed by atoms with Crippen LogP contribution in [0.2, 0.25) is 10.0 Å². The van der Waals surface area contributed by atoms with Gasteiger partial charge in [-0.05, 0) is 24.3 Å². The van der Waals surface area contributed by atoms with E-state index in [0.29, 0.717) is 33.2 Å². The molecule has 0 spiro atoms. The maximum Gasteiger partial charge on any atom is 0.158 e. The van der Waals surface area contributed by atoms with E-state index in [2.05, 4.69) is 34.6 Å². The third-order valence-electron chi connectivity index (χ3n) is 5.74. The number of benzene rings is 2. The summed E-state index contributed by atoms with van der Waals surface area (Å²) in [4.78, 5) is 4.14. The number of nitrogens with one attached hydrogen (secondary N) is 1. The Morgan fingerprint density at radius 3 is 2.52 bits per heavy atom. The number of imidazole rings is 1. The Morgan fingerprint density at radius 1 is 1.10 bits per heavy atom. The predicted octanol–water partition coefficient (Wildman–Crippen LogP) is 3.69. The molecule has 152 valence electrons. The highest BCUT2D eigenvalue weighted by Gasteiger charge is 2.44. The zero-order chi connectivity index (χ0) is 20.3. The summed E-state index contributed by atoms with van der Waals surface area (Å²) < 4.78 is 2.58. The standard InChI is InChI=1S/C22H25Cl2N4O/c23-18-6-7-20(21(24)14-18)22(29,15-27-11-8-26-17-27)16-28(12-9-25-10-13-28)19-4-2-1-3-5-19/h1-8,11,14,17,25,29H,9-10,12-13,15-16H2/q+1. The van der Waals surface area contributed by atoms with Crippen LogP contribution in [0.5, 0.6) is 0 Å². The normalized spacial score (nSPS) is 18.3. The Kier molecular flexibility index (Phi) is 5.95. The Morgan fingerprint density at radius 2 is 1.86 bits per heavy atom. The van der Waals surface area contributed by atoms with Gasteiger partial charge in [0.1, 0.15) is 12.2 Å². The van der Waals surface area contributed by atoms with Gasteiger partial charge in [0.25, 0.3) is 0 Å². The lowest BCUT2D eigenvalue weighted by Gasteiger charge is -2.46. The minimum absolute atomic E-state index is 0.356. The maximum atomic E-state index is 12.1. The van der Waals surface area contributed by atoms with Gasteiger partial charge in [-0.2, -0.15) is 0 Å². The second-order valence-electron chi connectivity index (χ2n) is 7.73. The van der Waals surface area contributed by atoms with E-state index in [1.807, 2.05) is 22.9 Å². The molecule has 1 unspecified atom stereocenters. The molecule has 5 nitrogen and oxygen atoms in total. The summed E-state index contributed by atoms with van der Waals surface area (Å²) in [7, 11) is 0. The van der Waals surface area contributed by atoms with E-state index in [4.69, 9.17) is 23.2 Å². The van der Waals surface area contributed by atoms with Crippen LogP contribution in [0.1, 0.15) is 5.56 Å². The fraction of sp³-hybridized carbons (Fsp3) is 0.318. The fourth-order valence-corrected chi connectivity index (χ4v) is 4.93. The third-order valence-corrected chi connectivity index (χ3v) is 6.29. The van der Waals surface area contributed by atoms with E-state index < -0.39 is 5.60 Å². The highest BCUT2D eigenvalue weighted by molar-refractivity contribution is 6.35. The molecule has 1 aliphatic heterocycles. The van der Waals surface area contributed by atoms with Gasteiger partial charge in [-0.1, -0.05) is 47.5 Å². The van der Waals surface area contributed by atoms with Crippen LogP contribution in [0.15, 0.2) is 67.3 Å². The summed E-state index contributed by atoms with van der Waals surface area (Å²) in [6, 6.07) is 15.7. The van der Waals surface area contributed by atoms with Gasteiger partial charge < -0.3 is 15.0 Å². The molecule has 2 N–H and O–H groups in total. The molecule has 0 amide bonds. The Hall–Kier alpha value is -1.89. The summed E-state index contributed by atoms with van der Waals surface area (Å²) >= 11 is 12.7. The van der Waals surface area contributed by atoms with Crippen molar-refractivity contribution in [3.8, 4) is 0 Å². The second kappa shape index (κ2) is 8.46. The van der Waals surface area contributed by atoms with Crippen LogP contribution in [0.4, 0.5) is 5.69 Å². The molecule has 29 heavy (non-hydrogen) atoms. The van der Waals surface area contributed by atoms with Gasteiger partial charge in [0, 0.05) is 41.1 Å². The van der Waals surface area contributed by atoms with Gasteiger partial charge in [-0.15, -0.1) is 0 Å². The minimum atomic E-state index is -1.20. The van der Waals surface area contributed by atoms with Crippen molar-refractivity contribution in [1.29, 1.82) is 0 Å². The SMILES string of the molecule is OC(Cn1ccnc1)(C[N+]1(c2ccccc2)CCNCC1)c1ccc(Cl)cc1Cl. The Labute approximate surface area is 181 Å². The predicted molar refractivity (Wildman–Crippen MR) is 118 cm³/mol. The number of halogens is 2. The van der Waals surface area contributed by atoms with Crippen molar-refractivity contribution in [2.75, 3.05) is 32.7 Å². The number of para-hydroxylation sites is 1. The summed E-state index contributed by atoms with van der Waals surface area (Å²) in [5.41, 5.74) is 0.683. The van der Waals surface area contributed by atoms with Gasteiger partial charge in [0.2, 0.25) is 0 Å². The van der Waals surface area contributed by atoms with E-state index in [9.17, 15) is 5.11 Å². The number of nitrogens with zero attached hydrogens (tertiary/aromatic N) is 3. The highest BCUT2D eigenvalue weighted by Crippen LogP contribution is 2.36. The first-order valence-corrected chi connectivity index (χ1v) is 10.5. The number of quaternary nitrogens is 1. The molecule has 1 atom stereocenters. The molecule has 2 aromatic carbocycles. The molecule has 1 aliphatic rings. The first kappa shape index (κ1) is 20.4. The van der Waals surface area contributed by atoms with Gasteiger partial charge in [-0.25, -0.2) is 4.98 Å². The number of hydrogen-bond donors (Lipinski definition) is 2. The van der Waals surface area contributed by atoms with Crippen LogP contribution in [0.3, 0.4) is 0 Å². The van der Waals surface area contributed by atoms with E-state index in [0.717, 1.165) is 26.2 Å². The second-order valence-corrected chi connectivity index (χ2v) is 8.57. The van der Waals surface area contributed by atoms with Crippen molar-refractivity contribution >= 4 is 28.9 Å². The number of aromatic nitrogens is 2. The molecule has 1 fully saturated rings. The van der Waals surface area contributed by atoms with Gasteiger partial charge in [0.15, 0.2) is 5.60 Å². The molecule has 3 aromatic rings. The van der Waals surface area contributed by atoms with Gasteiger partial charge >= 0.3 is 0 Å². The minimum Gasteiger partial charge on any atom is -0.377 e. The van der Waals surface area contributed by atoms with Crippen LogP contribution < -0.4 is 9.80 Å². The lowest BCUT2D eigenvalue weighted by atomic mass is 9.90. The largest absolute Gasteiger partial charge is 0.377 e. The monoisotopic (exact) mass is 431 g/mol. The number of hydrogen-bond acceptors (Lipinski definition) is 3. The summed E-state index contributed by atoms with van der Waals surface area (Å²) in [5, 5.41) is 16.6. The Balaban J connectivity index is 1.79. The van der Waals surface area contributed by atoms with Crippen LogP contribution >= 0.6 is 23.2 Å². The maximum absolute atomic E-state index is 12.1. The number of rotatable bonds is 6. The number of aliphatic hydroxyl groups is 1. The van der Waals surface area contributed by atoms with Gasteiger partial charge in [0.05, 0.1) is 26.0 Å². The molecule has 1 aromatic heterocycles. The molecule has 2 heterocycles. The quantitative estimate of drug-likeness (QED) is 0.585. The van der Waals surface area contributed by atoms with Crippen molar-refractivity contribution in [1.82, 2.24) is 19.4 Å². The van der Waals surface area contributed by atoms with Gasteiger partial charge in [-0.3, -0.25) is 4.48 Å². The van der Waals surface area contributed by atoms with Crippen LogP contribution in [-0.2, 0) is 12.1 Å². The average molecular weight is 432 g/mol. The van der Waals surface area contributed by atoms with Crippen LogP contribution in [-0.4, -0.2) is 47.4 Å². The summed E-state index contributed by atoms with van der Waals surface area (Å²) in [6.07, 6.45) is 5.30. The molecule has 0 saturated carbocycles. The molecule has 1 saturated heterocycles. The van der Waals surface area contributed by atoms with E-state index in [1.54, 1.807) is 24.7 Å². The van der Waals surface area contributed by atoms with Crippen molar-refractivity contribution in [3.63, 3.8) is 0 Å². The van der Waals surface area contributed by atoms with E-state index in [-0.39, 0.29) is 0 Å². The smallest absolute Gasteiger partial charge is 0.158 e. The molecule has 0 radical (unpaired) electrons. The summed E-state index contributed by atoms with van der Waals surface area (Å²) in [5.74, 6) is 0. The van der Waals surface area contributed by atoms with Crippen molar-refractivity contribution in [2.24, 2.45) is 0 Å². The van der Waals surface area contributed by atoms with Crippen molar-refractivity contribution in [2.45, 2.75) is 12.1 Å². The van der Waals surface area contributed by atoms with Crippen LogP contribution in [0.25, 0.3) is 0 Å². The lowest BCUT2D eigenvalue weighted by Crippen LogP contribution is -2.64. The fourth-order valence-electron chi connectivity index (χ4n) is 4.34. The summed E-state index contributed by atoms with van der Waals surface area (Å²) in [6.45, 7) is 4.42.